The fourth-order valence-electron chi connectivity index (χ4n) is 1.15. The van der Waals surface area contributed by atoms with Gasteiger partial charge in [-0.1, -0.05) is 34.8 Å². The number of thiophene rings is 1. The maximum absolute atomic E-state index is 5.99. The summed E-state index contributed by atoms with van der Waals surface area (Å²) < 4.78 is 1.83. The molecular weight excluding hydrogens is 211 g/mol. The van der Waals surface area contributed by atoms with Crippen molar-refractivity contribution in [1.82, 2.24) is 0 Å². The Hall–Kier alpha value is -0.240. The molecule has 62 valence electrons. The summed E-state index contributed by atoms with van der Waals surface area (Å²) in [6.07, 6.45) is 0. The average Bonchev–Trinajstić information content (AvgIpc) is 2.31. The smallest absolute Gasteiger partial charge is 0.113 e. The van der Waals surface area contributed by atoms with E-state index in [4.69, 9.17) is 23.2 Å². The summed E-state index contributed by atoms with van der Waals surface area (Å²) in [5.74, 6) is 0. The molecule has 2 rings (SSSR count). The highest BCUT2D eigenvalue weighted by atomic mass is 35.5. The highest BCUT2D eigenvalue weighted by Crippen LogP contribution is 2.38. The number of hydrogen-bond acceptors (Lipinski definition) is 1. The van der Waals surface area contributed by atoms with Crippen LogP contribution in [-0.4, -0.2) is 0 Å². The highest BCUT2D eigenvalue weighted by molar-refractivity contribution is 7.23. The van der Waals surface area contributed by atoms with Crippen molar-refractivity contribution >= 4 is 44.6 Å². The molecule has 0 fully saturated rings. The Kier molecular flexibility index (Phi) is 2.03. The number of hydrogen-bond donors (Lipinski definition) is 0. The second-order valence-corrected chi connectivity index (χ2v) is 4.72. The van der Waals surface area contributed by atoms with Crippen molar-refractivity contribution in [3.63, 3.8) is 0 Å². The zero-order chi connectivity index (χ0) is 8.72. The van der Waals surface area contributed by atoms with Gasteiger partial charge in [-0.25, -0.2) is 0 Å². The van der Waals surface area contributed by atoms with Crippen LogP contribution in [0.5, 0.6) is 0 Å². The normalized spacial score (nSPS) is 10.9. The van der Waals surface area contributed by atoms with Crippen molar-refractivity contribution < 1.29 is 0 Å². The summed E-state index contributed by atoms with van der Waals surface area (Å²) in [6.45, 7) is 2.04. The van der Waals surface area contributed by atoms with Crippen LogP contribution in [0, 0.1) is 6.92 Å². The van der Waals surface area contributed by atoms with Crippen LogP contribution in [0.15, 0.2) is 18.2 Å². The maximum atomic E-state index is 5.99. The molecule has 0 nitrogen and oxygen atoms in total. The summed E-state index contributed by atoms with van der Waals surface area (Å²) in [7, 11) is 0. The van der Waals surface area contributed by atoms with Gasteiger partial charge in [0.15, 0.2) is 0 Å². The molecule has 0 bridgehead atoms. The second kappa shape index (κ2) is 2.91. The number of aryl methyl sites for hydroxylation is 1. The molecule has 12 heavy (non-hydrogen) atoms. The van der Waals surface area contributed by atoms with Crippen molar-refractivity contribution in [3.05, 3.63) is 33.1 Å². The van der Waals surface area contributed by atoms with Gasteiger partial charge in [0, 0.05) is 10.1 Å². The Balaban J connectivity index is 2.88. The minimum absolute atomic E-state index is 0.678. The molecule has 0 atom stereocenters. The molecule has 1 aromatic carbocycles. The van der Waals surface area contributed by atoms with E-state index in [1.54, 1.807) is 0 Å². The lowest BCUT2D eigenvalue weighted by Crippen LogP contribution is -1.68. The molecule has 0 spiro atoms. The average molecular weight is 217 g/mol. The van der Waals surface area contributed by atoms with Crippen molar-refractivity contribution in [2.75, 3.05) is 0 Å². The van der Waals surface area contributed by atoms with Crippen LogP contribution in [0.4, 0.5) is 0 Å². The van der Waals surface area contributed by atoms with Crippen LogP contribution in [-0.2, 0) is 0 Å². The third-order valence-corrected chi connectivity index (χ3v) is 3.72. The van der Waals surface area contributed by atoms with Gasteiger partial charge in [-0.15, -0.1) is 11.3 Å². The molecular formula is C9H6Cl2S. The number of halogens is 2. The van der Waals surface area contributed by atoms with Crippen LogP contribution in [0.1, 0.15) is 5.56 Å². The van der Waals surface area contributed by atoms with E-state index in [1.807, 2.05) is 13.0 Å². The minimum atomic E-state index is 0.678. The number of benzene rings is 1. The van der Waals surface area contributed by atoms with E-state index < -0.39 is 0 Å². The number of rotatable bonds is 0. The van der Waals surface area contributed by atoms with Gasteiger partial charge in [-0.2, -0.15) is 0 Å². The molecule has 0 radical (unpaired) electrons. The monoisotopic (exact) mass is 216 g/mol. The topological polar surface area (TPSA) is 0 Å². The van der Waals surface area contributed by atoms with Crippen LogP contribution in [0.25, 0.3) is 10.1 Å². The molecule has 0 saturated heterocycles. The first-order valence-corrected chi connectivity index (χ1v) is 5.10. The van der Waals surface area contributed by atoms with Crippen LogP contribution in [0.3, 0.4) is 0 Å². The van der Waals surface area contributed by atoms with Gasteiger partial charge >= 0.3 is 0 Å². The largest absolute Gasteiger partial charge is 0.122 e. The predicted molar refractivity (Wildman–Crippen MR) is 56.6 cm³/mol. The van der Waals surface area contributed by atoms with Crippen molar-refractivity contribution in [1.29, 1.82) is 0 Å². The molecule has 0 unspecified atom stereocenters. The molecule has 0 aliphatic carbocycles. The highest BCUT2D eigenvalue weighted by Gasteiger charge is 2.07. The van der Waals surface area contributed by atoms with E-state index in [9.17, 15) is 0 Å². The van der Waals surface area contributed by atoms with Crippen molar-refractivity contribution in [2.45, 2.75) is 6.92 Å². The standard InChI is InChI=1S/C9H6Cl2S/c1-5-2-3-7-6(4-5)8(10)9(11)12-7/h2-4H,1H3. The summed E-state index contributed by atoms with van der Waals surface area (Å²) in [4.78, 5) is 0. The van der Waals surface area contributed by atoms with Crippen molar-refractivity contribution in [3.8, 4) is 0 Å². The Morgan fingerprint density at radius 3 is 2.75 bits per heavy atom. The third-order valence-electron chi connectivity index (χ3n) is 1.74. The molecule has 3 heteroatoms. The molecule has 0 saturated carbocycles. The van der Waals surface area contributed by atoms with E-state index in [0.717, 1.165) is 10.1 Å². The van der Waals surface area contributed by atoms with Crippen LogP contribution >= 0.6 is 34.5 Å². The fraction of sp³-hybridized carbons (Fsp3) is 0.111. The van der Waals surface area contributed by atoms with Crippen LogP contribution in [0.2, 0.25) is 9.36 Å². The SMILES string of the molecule is Cc1ccc2sc(Cl)c(Cl)c2c1. The van der Waals surface area contributed by atoms with E-state index in [0.29, 0.717) is 9.36 Å². The zero-order valence-corrected chi connectivity index (χ0v) is 8.72. The Labute approximate surface area is 84.7 Å². The molecule has 0 N–H and O–H groups in total. The first-order valence-electron chi connectivity index (χ1n) is 3.52. The first-order chi connectivity index (χ1) is 5.68. The van der Waals surface area contributed by atoms with Gasteiger partial charge in [0.25, 0.3) is 0 Å². The molecule has 0 amide bonds. The molecule has 0 aliphatic rings. The first kappa shape index (κ1) is 8.36. The van der Waals surface area contributed by atoms with Gasteiger partial charge in [0.2, 0.25) is 0 Å². The fourth-order valence-corrected chi connectivity index (χ4v) is 2.63. The lowest BCUT2D eigenvalue weighted by Gasteiger charge is -1.91. The summed E-state index contributed by atoms with van der Waals surface area (Å²) in [5.41, 5.74) is 1.21. The van der Waals surface area contributed by atoms with E-state index in [2.05, 4.69) is 12.1 Å². The Bertz CT molecular complexity index is 431. The zero-order valence-electron chi connectivity index (χ0n) is 6.40. The molecule has 2 aromatic rings. The summed E-state index contributed by atoms with van der Waals surface area (Å²) in [5, 5.41) is 1.74. The Morgan fingerprint density at radius 1 is 1.25 bits per heavy atom. The van der Waals surface area contributed by atoms with E-state index in [1.165, 1.54) is 16.9 Å². The van der Waals surface area contributed by atoms with E-state index >= 15 is 0 Å². The van der Waals surface area contributed by atoms with Gasteiger partial charge in [0.1, 0.15) is 4.34 Å². The lowest BCUT2D eigenvalue weighted by molar-refractivity contribution is 1.51. The number of fused-ring (bicyclic) bond motifs is 1. The molecule has 0 aliphatic heterocycles. The molecule has 1 heterocycles. The quantitative estimate of drug-likeness (QED) is 0.608. The van der Waals surface area contributed by atoms with Crippen LogP contribution < -0.4 is 0 Å². The minimum Gasteiger partial charge on any atom is -0.122 e. The molecule has 1 aromatic heterocycles. The van der Waals surface area contributed by atoms with Gasteiger partial charge in [-0.05, 0) is 19.1 Å². The summed E-state index contributed by atoms with van der Waals surface area (Å²) >= 11 is 13.4. The van der Waals surface area contributed by atoms with Gasteiger partial charge < -0.3 is 0 Å². The van der Waals surface area contributed by atoms with Gasteiger partial charge in [0.05, 0.1) is 5.02 Å². The van der Waals surface area contributed by atoms with E-state index in [-0.39, 0.29) is 0 Å². The Morgan fingerprint density at radius 2 is 2.00 bits per heavy atom. The summed E-state index contributed by atoms with van der Waals surface area (Å²) in [6, 6.07) is 6.17. The second-order valence-electron chi connectivity index (χ2n) is 2.69. The lowest BCUT2D eigenvalue weighted by atomic mass is 10.2. The maximum Gasteiger partial charge on any atom is 0.113 e. The predicted octanol–water partition coefficient (Wildman–Crippen LogP) is 4.52. The van der Waals surface area contributed by atoms with Crippen molar-refractivity contribution in [2.24, 2.45) is 0 Å². The van der Waals surface area contributed by atoms with Gasteiger partial charge in [-0.3, -0.25) is 0 Å². The third kappa shape index (κ3) is 1.22.